The molecule has 0 bridgehead atoms. The molecule has 1 aliphatic carbocycles. The van der Waals surface area contributed by atoms with Crippen molar-refractivity contribution in [2.75, 3.05) is 5.32 Å². The minimum atomic E-state index is -4.50. The van der Waals surface area contributed by atoms with Crippen LogP contribution in [0.1, 0.15) is 50.2 Å². The molecule has 114 valence electrons. The normalized spacial score (nSPS) is 23.2. The largest absolute Gasteiger partial charge is 0.417 e. The summed E-state index contributed by atoms with van der Waals surface area (Å²) in [4.78, 5) is 0. The quantitative estimate of drug-likeness (QED) is 0.783. The zero-order valence-corrected chi connectivity index (χ0v) is 12.0. The molecule has 0 aromatic heterocycles. The summed E-state index contributed by atoms with van der Waals surface area (Å²) >= 11 is 0. The van der Waals surface area contributed by atoms with Crippen molar-refractivity contribution in [2.45, 2.75) is 51.2 Å². The molecular formula is C16H19F3N2. The molecule has 2 nitrogen and oxygen atoms in total. The van der Waals surface area contributed by atoms with E-state index >= 15 is 0 Å². The van der Waals surface area contributed by atoms with Gasteiger partial charge in [-0.15, -0.1) is 0 Å². The maximum absolute atomic E-state index is 12.9. The summed E-state index contributed by atoms with van der Waals surface area (Å²) in [5.41, 5.74) is -0.750. The van der Waals surface area contributed by atoms with E-state index in [2.05, 4.69) is 12.2 Å². The molecule has 1 aromatic carbocycles. The standard InChI is InChI=1S/C16H19F3N2/c1-11-3-2-4-13(7-5-11)21-14-8-6-12(10-20)15(9-14)16(17,18)19/h6,8-9,11,13,21H,2-5,7H2,1H3. The molecule has 2 atom stereocenters. The smallest absolute Gasteiger partial charge is 0.382 e. The van der Waals surface area contributed by atoms with E-state index in [1.54, 1.807) is 12.1 Å². The first-order valence-corrected chi connectivity index (χ1v) is 7.28. The first-order valence-electron chi connectivity index (χ1n) is 7.28. The van der Waals surface area contributed by atoms with Gasteiger partial charge in [0, 0.05) is 11.7 Å². The number of nitrogens with zero attached hydrogens (tertiary/aromatic N) is 1. The zero-order valence-electron chi connectivity index (χ0n) is 12.0. The van der Waals surface area contributed by atoms with Gasteiger partial charge < -0.3 is 5.32 Å². The van der Waals surface area contributed by atoms with Crippen molar-refractivity contribution in [3.63, 3.8) is 0 Å². The number of benzene rings is 1. The van der Waals surface area contributed by atoms with Crippen LogP contribution in [-0.2, 0) is 6.18 Å². The van der Waals surface area contributed by atoms with Crippen LogP contribution in [0.25, 0.3) is 0 Å². The van der Waals surface area contributed by atoms with E-state index < -0.39 is 11.7 Å². The Hall–Kier alpha value is -1.70. The molecule has 1 saturated carbocycles. The fourth-order valence-corrected chi connectivity index (χ4v) is 2.83. The van der Waals surface area contributed by atoms with Crippen molar-refractivity contribution in [1.29, 1.82) is 5.26 Å². The number of hydrogen-bond acceptors (Lipinski definition) is 2. The van der Waals surface area contributed by atoms with Crippen LogP contribution in [0.4, 0.5) is 18.9 Å². The average Bonchev–Trinajstić information content (AvgIpc) is 2.63. The predicted octanol–water partition coefficient (Wildman–Crippen LogP) is 4.96. The zero-order chi connectivity index (χ0) is 15.5. The van der Waals surface area contributed by atoms with Gasteiger partial charge in [-0.3, -0.25) is 0 Å². The van der Waals surface area contributed by atoms with E-state index in [0.29, 0.717) is 11.6 Å². The van der Waals surface area contributed by atoms with Crippen molar-refractivity contribution in [3.8, 4) is 6.07 Å². The molecule has 1 aliphatic rings. The number of alkyl halides is 3. The lowest BCUT2D eigenvalue weighted by atomic mass is 10.0. The fourth-order valence-electron chi connectivity index (χ4n) is 2.83. The molecular weight excluding hydrogens is 277 g/mol. The molecule has 5 heteroatoms. The first-order chi connectivity index (χ1) is 9.90. The molecule has 1 aromatic rings. The van der Waals surface area contributed by atoms with Crippen molar-refractivity contribution >= 4 is 5.69 Å². The van der Waals surface area contributed by atoms with Crippen molar-refractivity contribution in [1.82, 2.24) is 0 Å². The highest BCUT2D eigenvalue weighted by molar-refractivity contribution is 5.53. The Balaban J connectivity index is 2.16. The van der Waals surface area contributed by atoms with Gasteiger partial charge >= 0.3 is 6.18 Å². The lowest BCUT2D eigenvalue weighted by molar-refractivity contribution is -0.137. The van der Waals surface area contributed by atoms with Crippen LogP contribution >= 0.6 is 0 Å². The summed E-state index contributed by atoms with van der Waals surface area (Å²) in [5, 5.41) is 12.0. The second kappa shape index (κ2) is 6.38. The Morgan fingerprint density at radius 3 is 2.62 bits per heavy atom. The van der Waals surface area contributed by atoms with Crippen LogP contribution in [0, 0.1) is 17.2 Å². The number of halogens is 3. The highest BCUT2D eigenvalue weighted by Gasteiger charge is 2.34. The van der Waals surface area contributed by atoms with Gasteiger partial charge in [-0.05, 0) is 43.4 Å². The van der Waals surface area contributed by atoms with E-state index in [-0.39, 0.29) is 11.6 Å². The van der Waals surface area contributed by atoms with Gasteiger partial charge in [0.05, 0.1) is 17.2 Å². The molecule has 1 fully saturated rings. The van der Waals surface area contributed by atoms with Gasteiger partial charge in [-0.1, -0.05) is 19.8 Å². The molecule has 0 saturated heterocycles. The molecule has 2 rings (SSSR count). The second-order valence-corrected chi connectivity index (χ2v) is 5.82. The third kappa shape index (κ3) is 4.13. The van der Waals surface area contributed by atoms with Crippen LogP contribution in [0.3, 0.4) is 0 Å². The Labute approximate surface area is 123 Å². The van der Waals surface area contributed by atoms with Gasteiger partial charge in [-0.25, -0.2) is 0 Å². The van der Waals surface area contributed by atoms with Gasteiger partial charge in [0.1, 0.15) is 0 Å². The van der Waals surface area contributed by atoms with E-state index in [4.69, 9.17) is 5.26 Å². The molecule has 21 heavy (non-hydrogen) atoms. The number of nitrogens with one attached hydrogen (secondary N) is 1. The minimum absolute atomic E-state index is 0.212. The number of nitriles is 1. The molecule has 0 amide bonds. The van der Waals surface area contributed by atoms with Crippen LogP contribution in [-0.4, -0.2) is 6.04 Å². The van der Waals surface area contributed by atoms with Gasteiger partial charge in [0.2, 0.25) is 0 Å². The summed E-state index contributed by atoms with van der Waals surface area (Å²) in [6.45, 7) is 2.21. The molecule has 0 heterocycles. The van der Waals surface area contributed by atoms with Crippen LogP contribution < -0.4 is 5.32 Å². The third-order valence-electron chi connectivity index (χ3n) is 4.07. The van der Waals surface area contributed by atoms with E-state index in [0.717, 1.165) is 31.7 Å². The van der Waals surface area contributed by atoms with Crippen molar-refractivity contribution in [2.24, 2.45) is 5.92 Å². The lowest BCUT2D eigenvalue weighted by Crippen LogP contribution is -2.19. The Bertz CT molecular complexity index is 531. The van der Waals surface area contributed by atoms with Gasteiger partial charge in [-0.2, -0.15) is 18.4 Å². The van der Waals surface area contributed by atoms with Gasteiger partial charge in [0.15, 0.2) is 0 Å². The van der Waals surface area contributed by atoms with E-state index in [1.165, 1.54) is 12.5 Å². The Morgan fingerprint density at radius 1 is 1.19 bits per heavy atom. The molecule has 0 spiro atoms. The van der Waals surface area contributed by atoms with E-state index in [1.807, 2.05) is 0 Å². The SMILES string of the molecule is CC1CCCC(Nc2ccc(C#N)c(C(F)(F)F)c2)CC1. The Kier molecular flexibility index (Phi) is 4.76. The van der Waals surface area contributed by atoms with Crippen LogP contribution in [0.2, 0.25) is 0 Å². The maximum Gasteiger partial charge on any atom is 0.417 e. The summed E-state index contributed by atoms with van der Waals surface area (Å²) < 4.78 is 38.8. The molecule has 0 aliphatic heterocycles. The minimum Gasteiger partial charge on any atom is -0.382 e. The van der Waals surface area contributed by atoms with Gasteiger partial charge in [0.25, 0.3) is 0 Å². The summed E-state index contributed by atoms with van der Waals surface area (Å²) in [7, 11) is 0. The Morgan fingerprint density at radius 2 is 1.95 bits per heavy atom. The van der Waals surface area contributed by atoms with Crippen molar-refractivity contribution < 1.29 is 13.2 Å². The summed E-state index contributed by atoms with van der Waals surface area (Å²) in [5.74, 6) is 0.684. The number of hydrogen-bond donors (Lipinski definition) is 1. The topological polar surface area (TPSA) is 35.8 Å². The van der Waals surface area contributed by atoms with Crippen LogP contribution in [0.5, 0.6) is 0 Å². The molecule has 1 N–H and O–H groups in total. The summed E-state index contributed by atoms with van der Waals surface area (Å²) in [6.07, 6.45) is 0.829. The number of anilines is 1. The van der Waals surface area contributed by atoms with Crippen LogP contribution in [0.15, 0.2) is 18.2 Å². The molecule has 0 radical (unpaired) electrons. The lowest BCUT2D eigenvalue weighted by Gasteiger charge is -2.19. The number of rotatable bonds is 2. The fraction of sp³-hybridized carbons (Fsp3) is 0.562. The third-order valence-corrected chi connectivity index (χ3v) is 4.07. The molecule has 2 unspecified atom stereocenters. The van der Waals surface area contributed by atoms with E-state index in [9.17, 15) is 13.2 Å². The predicted molar refractivity (Wildman–Crippen MR) is 75.8 cm³/mol. The highest BCUT2D eigenvalue weighted by atomic mass is 19.4. The first kappa shape index (κ1) is 15.7. The maximum atomic E-state index is 12.9. The second-order valence-electron chi connectivity index (χ2n) is 5.82. The average molecular weight is 296 g/mol. The monoisotopic (exact) mass is 296 g/mol. The summed E-state index contributed by atoms with van der Waals surface area (Å²) in [6, 6.07) is 5.66. The van der Waals surface area contributed by atoms with Crippen molar-refractivity contribution in [3.05, 3.63) is 29.3 Å². The highest BCUT2D eigenvalue weighted by Crippen LogP contribution is 2.34.